The fourth-order valence-corrected chi connectivity index (χ4v) is 2.17. The summed E-state index contributed by atoms with van der Waals surface area (Å²) in [6, 6.07) is 5.41. The Morgan fingerprint density at radius 1 is 1.41 bits per heavy atom. The largest absolute Gasteiger partial charge is 0.355 e. The minimum Gasteiger partial charge on any atom is -0.355 e. The highest BCUT2D eigenvalue weighted by Crippen LogP contribution is 2.21. The second-order valence-electron chi connectivity index (χ2n) is 4.13. The van der Waals surface area contributed by atoms with Crippen molar-refractivity contribution in [2.75, 3.05) is 19.6 Å². The Labute approximate surface area is 110 Å². The molecule has 5 heteroatoms. The molecule has 1 aliphatic heterocycles. The first-order valence-corrected chi connectivity index (χ1v) is 6.35. The Morgan fingerprint density at radius 2 is 2.18 bits per heavy atom. The minimum atomic E-state index is 0.119. The van der Waals surface area contributed by atoms with Crippen molar-refractivity contribution in [3.8, 4) is 0 Å². The molecular weight excluding hydrogens is 259 g/mol. The van der Waals surface area contributed by atoms with Crippen LogP contribution in [0, 0.1) is 5.92 Å². The third-order valence-corrected chi connectivity index (χ3v) is 3.45. The molecule has 0 atom stereocenters. The Kier molecular flexibility index (Phi) is 4.26. The van der Waals surface area contributed by atoms with Crippen molar-refractivity contribution in [3.63, 3.8) is 0 Å². The van der Waals surface area contributed by atoms with Crippen molar-refractivity contribution >= 4 is 29.1 Å². The Hall–Kier alpha value is -0.770. The molecule has 2 N–H and O–H groups in total. The van der Waals surface area contributed by atoms with E-state index in [1.165, 1.54) is 0 Å². The molecule has 0 aliphatic carbocycles. The van der Waals surface area contributed by atoms with Gasteiger partial charge in [0.05, 0.1) is 5.92 Å². The van der Waals surface area contributed by atoms with Crippen LogP contribution in [0.3, 0.4) is 0 Å². The molecule has 0 unspecified atom stereocenters. The van der Waals surface area contributed by atoms with Gasteiger partial charge < -0.3 is 10.6 Å². The van der Waals surface area contributed by atoms with Crippen LogP contribution in [-0.2, 0) is 11.2 Å². The van der Waals surface area contributed by atoms with Crippen LogP contribution in [-0.4, -0.2) is 25.5 Å². The predicted octanol–water partition coefficient (Wildman–Crippen LogP) is 1.87. The molecule has 1 heterocycles. The number of amides is 1. The highest BCUT2D eigenvalue weighted by Gasteiger charge is 2.24. The minimum absolute atomic E-state index is 0.119. The fraction of sp³-hybridized carbons (Fsp3) is 0.417. The summed E-state index contributed by atoms with van der Waals surface area (Å²) >= 11 is 11.8. The highest BCUT2D eigenvalue weighted by molar-refractivity contribution is 6.35. The molecular formula is C12H14Cl2N2O. The van der Waals surface area contributed by atoms with Crippen molar-refractivity contribution in [1.82, 2.24) is 10.6 Å². The molecule has 0 spiro atoms. The van der Waals surface area contributed by atoms with Crippen LogP contribution < -0.4 is 10.6 Å². The van der Waals surface area contributed by atoms with Gasteiger partial charge in [0.2, 0.25) is 5.91 Å². The zero-order chi connectivity index (χ0) is 12.3. The maximum Gasteiger partial charge on any atom is 0.225 e. The molecule has 1 aliphatic rings. The highest BCUT2D eigenvalue weighted by atomic mass is 35.5. The van der Waals surface area contributed by atoms with Crippen molar-refractivity contribution < 1.29 is 4.79 Å². The predicted molar refractivity (Wildman–Crippen MR) is 69.5 cm³/mol. The zero-order valence-corrected chi connectivity index (χ0v) is 10.8. The zero-order valence-electron chi connectivity index (χ0n) is 9.30. The third-order valence-electron chi connectivity index (χ3n) is 2.86. The topological polar surface area (TPSA) is 41.1 Å². The lowest BCUT2D eigenvalue weighted by molar-refractivity contribution is -0.126. The van der Waals surface area contributed by atoms with E-state index in [1.807, 2.05) is 6.07 Å². The van der Waals surface area contributed by atoms with Gasteiger partial charge in [-0.05, 0) is 24.1 Å². The Bertz CT molecular complexity index is 419. The fourth-order valence-electron chi connectivity index (χ4n) is 1.66. The van der Waals surface area contributed by atoms with Crippen LogP contribution in [0.4, 0.5) is 0 Å². The molecule has 2 rings (SSSR count). The van der Waals surface area contributed by atoms with E-state index < -0.39 is 0 Å². The number of carbonyl (C=O) groups excluding carboxylic acids is 1. The number of hydrogen-bond acceptors (Lipinski definition) is 2. The van der Waals surface area contributed by atoms with Crippen LogP contribution in [0.15, 0.2) is 18.2 Å². The van der Waals surface area contributed by atoms with Gasteiger partial charge in [-0.3, -0.25) is 4.79 Å². The number of rotatable bonds is 4. The molecule has 1 aromatic carbocycles. The SMILES string of the molecule is O=C(NCCc1ccc(Cl)cc1Cl)C1CNC1. The van der Waals surface area contributed by atoms with Crippen LogP contribution in [0.1, 0.15) is 5.56 Å². The van der Waals surface area contributed by atoms with Gasteiger partial charge in [0, 0.05) is 29.7 Å². The number of carbonyl (C=O) groups is 1. The molecule has 3 nitrogen and oxygen atoms in total. The first-order chi connectivity index (χ1) is 8.16. The number of halogens is 2. The normalized spacial score (nSPS) is 15.4. The van der Waals surface area contributed by atoms with Crippen LogP contribution in [0.5, 0.6) is 0 Å². The summed E-state index contributed by atoms with van der Waals surface area (Å²) in [4.78, 5) is 11.5. The van der Waals surface area contributed by atoms with Gasteiger partial charge in [-0.25, -0.2) is 0 Å². The van der Waals surface area contributed by atoms with Gasteiger partial charge in [0.25, 0.3) is 0 Å². The van der Waals surface area contributed by atoms with E-state index in [0.717, 1.165) is 25.1 Å². The quantitative estimate of drug-likeness (QED) is 0.879. The summed E-state index contributed by atoms with van der Waals surface area (Å²) < 4.78 is 0. The molecule has 0 saturated carbocycles. The number of hydrogen-bond donors (Lipinski definition) is 2. The lowest BCUT2D eigenvalue weighted by Gasteiger charge is -2.25. The molecule has 0 bridgehead atoms. The van der Waals surface area contributed by atoms with Gasteiger partial charge in [-0.2, -0.15) is 0 Å². The van der Waals surface area contributed by atoms with Crippen molar-refractivity contribution in [2.45, 2.75) is 6.42 Å². The molecule has 1 saturated heterocycles. The first kappa shape index (κ1) is 12.7. The summed E-state index contributed by atoms with van der Waals surface area (Å²) in [5.74, 6) is 0.254. The summed E-state index contributed by atoms with van der Waals surface area (Å²) in [7, 11) is 0. The van der Waals surface area contributed by atoms with E-state index in [1.54, 1.807) is 12.1 Å². The number of benzene rings is 1. The van der Waals surface area contributed by atoms with Crippen molar-refractivity contribution in [1.29, 1.82) is 0 Å². The van der Waals surface area contributed by atoms with Gasteiger partial charge in [-0.1, -0.05) is 29.3 Å². The third kappa shape index (κ3) is 3.35. The van der Waals surface area contributed by atoms with Gasteiger partial charge in [0.15, 0.2) is 0 Å². The summed E-state index contributed by atoms with van der Waals surface area (Å²) in [6.07, 6.45) is 0.724. The molecule has 17 heavy (non-hydrogen) atoms. The van der Waals surface area contributed by atoms with Crippen molar-refractivity contribution in [3.05, 3.63) is 33.8 Å². The molecule has 1 amide bonds. The summed E-state index contributed by atoms with van der Waals surface area (Å²) in [6.45, 7) is 2.18. The lowest BCUT2D eigenvalue weighted by Crippen LogP contribution is -2.51. The second-order valence-corrected chi connectivity index (χ2v) is 4.98. The average molecular weight is 273 g/mol. The van der Waals surface area contributed by atoms with Crippen molar-refractivity contribution in [2.24, 2.45) is 5.92 Å². The second kappa shape index (κ2) is 5.71. The Balaban J connectivity index is 1.79. The molecule has 92 valence electrons. The van der Waals surface area contributed by atoms with E-state index in [9.17, 15) is 4.79 Å². The number of nitrogens with one attached hydrogen (secondary N) is 2. The van der Waals surface area contributed by atoms with E-state index in [0.29, 0.717) is 16.6 Å². The monoisotopic (exact) mass is 272 g/mol. The first-order valence-electron chi connectivity index (χ1n) is 5.59. The van der Waals surface area contributed by atoms with Crippen LogP contribution >= 0.6 is 23.2 Å². The molecule has 0 aromatic heterocycles. The van der Waals surface area contributed by atoms with Gasteiger partial charge in [0.1, 0.15) is 0 Å². The maximum atomic E-state index is 11.5. The average Bonchev–Trinajstić information content (AvgIpc) is 2.18. The van der Waals surface area contributed by atoms with Gasteiger partial charge >= 0.3 is 0 Å². The standard InChI is InChI=1S/C12H14Cl2N2O/c13-10-2-1-8(11(14)5-10)3-4-16-12(17)9-6-15-7-9/h1-2,5,9,15H,3-4,6-7H2,(H,16,17). The Morgan fingerprint density at radius 3 is 2.76 bits per heavy atom. The molecule has 1 aromatic rings. The van der Waals surface area contributed by atoms with Crippen LogP contribution in [0.25, 0.3) is 0 Å². The molecule has 1 fully saturated rings. The maximum absolute atomic E-state index is 11.5. The van der Waals surface area contributed by atoms with Gasteiger partial charge in [-0.15, -0.1) is 0 Å². The van der Waals surface area contributed by atoms with E-state index >= 15 is 0 Å². The summed E-state index contributed by atoms with van der Waals surface area (Å²) in [5.41, 5.74) is 1.00. The summed E-state index contributed by atoms with van der Waals surface area (Å²) in [5, 5.41) is 7.25. The molecule has 0 radical (unpaired) electrons. The van der Waals surface area contributed by atoms with E-state index in [4.69, 9.17) is 23.2 Å². The van der Waals surface area contributed by atoms with Crippen LogP contribution in [0.2, 0.25) is 10.0 Å². The van der Waals surface area contributed by atoms with E-state index in [-0.39, 0.29) is 11.8 Å². The van der Waals surface area contributed by atoms with E-state index in [2.05, 4.69) is 10.6 Å². The lowest BCUT2D eigenvalue weighted by atomic mass is 10.0. The smallest absolute Gasteiger partial charge is 0.225 e.